The van der Waals surface area contributed by atoms with Gasteiger partial charge in [-0.05, 0) is 38.0 Å². The van der Waals surface area contributed by atoms with E-state index in [4.69, 9.17) is 4.74 Å². The fraction of sp³-hybridized carbons (Fsp3) is 0.500. The quantitative estimate of drug-likeness (QED) is 0.832. The molecule has 1 aromatic heterocycles. The molecular formula is C20H28N6O3. The number of benzene rings is 1. The summed E-state index contributed by atoms with van der Waals surface area (Å²) in [6.07, 6.45) is 3.59. The topological polar surface area (TPSA) is 92.6 Å². The smallest absolute Gasteiger partial charge is 0.321 e. The van der Waals surface area contributed by atoms with Crippen LogP contribution in [0.2, 0.25) is 0 Å². The predicted molar refractivity (Wildman–Crippen MR) is 109 cm³/mol. The van der Waals surface area contributed by atoms with Gasteiger partial charge in [0.25, 0.3) is 5.91 Å². The molecular weight excluding hydrogens is 372 g/mol. The first-order valence-corrected chi connectivity index (χ1v) is 9.77. The van der Waals surface area contributed by atoms with E-state index >= 15 is 0 Å². The second-order valence-electron chi connectivity index (χ2n) is 7.31. The van der Waals surface area contributed by atoms with Gasteiger partial charge < -0.3 is 24.4 Å². The van der Waals surface area contributed by atoms with Gasteiger partial charge in [-0.3, -0.25) is 4.79 Å². The van der Waals surface area contributed by atoms with Crippen LogP contribution in [0.15, 0.2) is 24.5 Å². The average molecular weight is 400 g/mol. The minimum Gasteiger partial charge on any atom is -0.495 e. The summed E-state index contributed by atoms with van der Waals surface area (Å²) in [5, 5.41) is 11.2. The van der Waals surface area contributed by atoms with E-state index in [1.54, 1.807) is 43.5 Å². The number of aryl methyl sites for hydroxylation is 1. The summed E-state index contributed by atoms with van der Waals surface area (Å²) < 4.78 is 7.38. The van der Waals surface area contributed by atoms with Crippen molar-refractivity contribution in [3.8, 4) is 5.75 Å². The maximum absolute atomic E-state index is 12.9. The molecule has 9 nitrogen and oxygen atoms in total. The van der Waals surface area contributed by atoms with Gasteiger partial charge in [0, 0.05) is 45.2 Å². The lowest BCUT2D eigenvalue weighted by molar-refractivity contribution is 0.0827. The summed E-state index contributed by atoms with van der Waals surface area (Å²) in [4.78, 5) is 28.5. The number of amides is 3. The fourth-order valence-electron chi connectivity index (χ4n) is 3.59. The molecule has 1 saturated heterocycles. The Labute approximate surface area is 170 Å². The highest BCUT2D eigenvalue weighted by Gasteiger charge is 2.28. The zero-order valence-corrected chi connectivity index (χ0v) is 17.4. The van der Waals surface area contributed by atoms with E-state index in [0.29, 0.717) is 30.1 Å². The summed E-state index contributed by atoms with van der Waals surface area (Å²) in [5.41, 5.74) is 0.961. The Bertz CT molecular complexity index is 879. The molecule has 9 heteroatoms. The highest BCUT2D eigenvalue weighted by atomic mass is 16.5. The minimum absolute atomic E-state index is 0.139. The van der Waals surface area contributed by atoms with E-state index in [1.165, 1.54) is 12.0 Å². The summed E-state index contributed by atoms with van der Waals surface area (Å²) in [6.45, 7) is 4.09. The predicted octanol–water partition coefficient (Wildman–Crippen LogP) is 2.42. The van der Waals surface area contributed by atoms with Gasteiger partial charge in [0.15, 0.2) is 0 Å². The largest absolute Gasteiger partial charge is 0.495 e. The van der Waals surface area contributed by atoms with Crippen LogP contribution in [0.3, 0.4) is 0 Å². The highest BCUT2D eigenvalue weighted by molar-refractivity contribution is 5.97. The number of carbonyl (C=O) groups excluding carboxylic acids is 2. The van der Waals surface area contributed by atoms with Crippen LogP contribution in [0.1, 0.15) is 41.9 Å². The Hall–Kier alpha value is -3.10. The molecule has 0 saturated carbocycles. The molecule has 3 amide bonds. The Morgan fingerprint density at radius 2 is 2.14 bits per heavy atom. The summed E-state index contributed by atoms with van der Waals surface area (Å²) in [5.74, 6) is 1.44. The Morgan fingerprint density at radius 3 is 2.83 bits per heavy atom. The van der Waals surface area contributed by atoms with Crippen LogP contribution in [0, 0.1) is 0 Å². The third kappa shape index (κ3) is 4.49. The molecule has 0 spiro atoms. The molecule has 156 valence electrons. The number of likely N-dealkylation sites (tertiary alicyclic amines) is 1. The molecule has 1 fully saturated rings. The molecule has 0 radical (unpaired) electrons. The molecule has 1 aromatic carbocycles. The monoisotopic (exact) mass is 400 g/mol. The normalized spacial score (nSPS) is 16.4. The zero-order chi connectivity index (χ0) is 21.0. The van der Waals surface area contributed by atoms with Crippen molar-refractivity contribution < 1.29 is 14.3 Å². The summed E-state index contributed by atoms with van der Waals surface area (Å²) in [6, 6.07) is 4.80. The Morgan fingerprint density at radius 1 is 1.34 bits per heavy atom. The molecule has 1 aliphatic heterocycles. The number of rotatable bonds is 5. The lowest BCUT2D eigenvalue weighted by Crippen LogP contribution is -2.42. The third-order valence-corrected chi connectivity index (χ3v) is 5.15. The van der Waals surface area contributed by atoms with Crippen molar-refractivity contribution in [1.82, 2.24) is 24.6 Å². The SMILES string of the molecule is CCn1cnnc1C1CCCN(C(=O)Nc2cc(C(=O)N(C)C)ccc2OC)C1. The van der Waals surface area contributed by atoms with Gasteiger partial charge >= 0.3 is 6.03 Å². The minimum atomic E-state index is -0.218. The molecule has 29 heavy (non-hydrogen) atoms. The van der Waals surface area contributed by atoms with Crippen molar-refractivity contribution >= 4 is 17.6 Å². The second kappa shape index (κ2) is 8.93. The zero-order valence-electron chi connectivity index (χ0n) is 17.4. The summed E-state index contributed by atoms with van der Waals surface area (Å²) >= 11 is 0. The van der Waals surface area contributed by atoms with Crippen LogP contribution in [0.25, 0.3) is 0 Å². The molecule has 2 heterocycles. The molecule has 1 unspecified atom stereocenters. The molecule has 1 aliphatic rings. The van der Waals surface area contributed by atoms with E-state index in [1.807, 2.05) is 4.57 Å². The van der Waals surface area contributed by atoms with Crippen molar-refractivity contribution in [2.75, 3.05) is 39.6 Å². The van der Waals surface area contributed by atoms with Gasteiger partial charge in [-0.15, -0.1) is 10.2 Å². The number of ether oxygens (including phenoxy) is 1. The third-order valence-electron chi connectivity index (χ3n) is 5.15. The van der Waals surface area contributed by atoms with Crippen molar-refractivity contribution in [2.45, 2.75) is 32.2 Å². The molecule has 0 bridgehead atoms. The number of aromatic nitrogens is 3. The van der Waals surface area contributed by atoms with Crippen LogP contribution in [-0.2, 0) is 6.54 Å². The van der Waals surface area contributed by atoms with E-state index < -0.39 is 0 Å². The van der Waals surface area contributed by atoms with Crippen LogP contribution in [0.5, 0.6) is 5.75 Å². The molecule has 2 aromatic rings. The van der Waals surface area contributed by atoms with E-state index in [9.17, 15) is 9.59 Å². The molecule has 0 aliphatic carbocycles. The molecule has 1 N–H and O–H groups in total. The van der Waals surface area contributed by atoms with Gasteiger partial charge in [0.05, 0.1) is 12.8 Å². The van der Waals surface area contributed by atoms with Crippen molar-refractivity contribution in [2.24, 2.45) is 0 Å². The van der Waals surface area contributed by atoms with E-state index in [-0.39, 0.29) is 17.9 Å². The van der Waals surface area contributed by atoms with Gasteiger partial charge in [0.2, 0.25) is 0 Å². The number of hydrogen-bond donors (Lipinski definition) is 1. The van der Waals surface area contributed by atoms with Crippen molar-refractivity contribution in [3.05, 3.63) is 35.9 Å². The average Bonchev–Trinajstić information content (AvgIpc) is 3.22. The maximum Gasteiger partial charge on any atom is 0.321 e. The number of methoxy groups -OCH3 is 1. The first-order chi connectivity index (χ1) is 13.9. The number of nitrogens with one attached hydrogen (secondary N) is 1. The lowest BCUT2D eigenvalue weighted by atomic mass is 9.97. The highest BCUT2D eigenvalue weighted by Crippen LogP contribution is 2.29. The van der Waals surface area contributed by atoms with E-state index in [0.717, 1.165) is 25.2 Å². The standard InChI is InChI=1S/C20H28N6O3/c1-5-25-13-21-23-18(25)15-7-6-10-26(12-15)20(28)22-16-11-14(19(27)24(2)3)8-9-17(16)29-4/h8-9,11,13,15H,5-7,10,12H2,1-4H3,(H,22,28). The number of urea groups is 1. The number of anilines is 1. The molecule has 1 atom stereocenters. The van der Waals surface area contributed by atoms with Crippen LogP contribution < -0.4 is 10.1 Å². The van der Waals surface area contributed by atoms with E-state index in [2.05, 4.69) is 22.4 Å². The first kappa shape index (κ1) is 20.6. The van der Waals surface area contributed by atoms with Gasteiger partial charge in [-0.25, -0.2) is 4.79 Å². The Balaban J connectivity index is 1.75. The van der Waals surface area contributed by atoms with Gasteiger partial charge in [0.1, 0.15) is 17.9 Å². The Kier molecular flexibility index (Phi) is 6.36. The van der Waals surface area contributed by atoms with Gasteiger partial charge in [-0.1, -0.05) is 0 Å². The van der Waals surface area contributed by atoms with Gasteiger partial charge in [-0.2, -0.15) is 0 Å². The lowest BCUT2D eigenvalue weighted by Gasteiger charge is -2.32. The first-order valence-electron chi connectivity index (χ1n) is 9.77. The van der Waals surface area contributed by atoms with Crippen LogP contribution in [0.4, 0.5) is 10.5 Å². The maximum atomic E-state index is 12.9. The number of hydrogen-bond acceptors (Lipinski definition) is 5. The van der Waals surface area contributed by atoms with Crippen LogP contribution >= 0.6 is 0 Å². The number of carbonyl (C=O) groups is 2. The number of nitrogens with zero attached hydrogens (tertiary/aromatic N) is 5. The number of piperidine rings is 1. The second-order valence-corrected chi connectivity index (χ2v) is 7.31. The summed E-state index contributed by atoms with van der Waals surface area (Å²) in [7, 11) is 4.91. The van der Waals surface area contributed by atoms with Crippen molar-refractivity contribution in [3.63, 3.8) is 0 Å². The van der Waals surface area contributed by atoms with Crippen molar-refractivity contribution in [1.29, 1.82) is 0 Å². The molecule has 3 rings (SSSR count). The fourth-order valence-corrected chi connectivity index (χ4v) is 3.59. The van der Waals surface area contributed by atoms with Crippen LogP contribution in [-0.4, -0.2) is 70.8 Å².